The molecule has 0 saturated carbocycles. The van der Waals surface area contributed by atoms with E-state index in [-0.39, 0.29) is 16.3 Å². The van der Waals surface area contributed by atoms with Gasteiger partial charge in [0.15, 0.2) is 4.90 Å². The molecule has 1 aliphatic heterocycles. The molecule has 0 spiro atoms. The summed E-state index contributed by atoms with van der Waals surface area (Å²) < 4.78 is 12.0. The Kier molecular flexibility index (Phi) is 5.36. The lowest BCUT2D eigenvalue weighted by Gasteiger charge is -2.18. The van der Waals surface area contributed by atoms with Gasteiger partial charge in [-0.05, 0) is 0 Å². The molecule has 1 aromatic carbocycles. The Labute approximate surface area is 140 Å². The summed E-state index contributed by atoms with van der Waals surface area (Å²) in [6.45, 7) is 6.31. The third-order valence-corrected chi connectivity index (χ3v) is 7.58. The molecule has 1 aliphatic rings. The molecule has 0 N–H and O–H groups in total. The van der Waals surface area contributed by atoms with Gasteiger partial charge in [0.1, 0.15) is 23.3 Å². The van der Waals surface area contributed by atoms with Gasteiger partial charge in [0, 0.05) is 29.4 Å². The van der Waals surface area contributed by atoms with Crippen molar-refractivity contribution < 1.29 is 9.47 Å². The van der Waals surface area contributed by atoms with E-state index in [1.54, 1.807) is 14.2 Å². The zero-order valence-corrected chi connectivity index (χ0v) is 15.4. The molecule has 0 aliphatic carbocycles. The van der Waals surface area contributed by atoms with Gasteiger partial charge in [-0.3, -0.25) is 0 Å². The SMILES string of the molecule is COc1cc(OC)cc([S+]2CCS/C2=C(\C#N)C(C)(C)C)c1. The summed E-state index contributed by atoms with van der Waals surface area (Å²) in [6, 6.07) is 8.46. The zero-order valence-electron chi connectivity index (χ0n) is 13.7. The van der Waals surface area contributed by atoms with Gasteiger partial charge in [0.2, 0.25) is 4.24 Å². The fourth-order valence-electron chi connectivity index (χ4n) is 2.24. The molecule has 3 nitrogen and oxygen atoms in total. The predicted octanol–water partition coefficient (Wildman–Crippen LogP) is 4.21. The average molecular weight is 337 g/mol. The summed E-state index contributed by atoms with van der Waals surface area (Å²) in [7, 11) is 3.26. The summed E-state index contributed by atoms with van der Waals surface area (Å²) in [5.74, 6) is 3.72. The summed E-state index contributed by atoms with van der Waals surface area (Å²) in [5, 5.41) is 9.62. The first-order valence-corrected chi connectivity index (χ1v) is 9.50. The Morgan fingerprint density at radius 1 is 1.18 bits per heavy atom. The fourth-order valence-corrected chi connectivity index (χ4v) is 7.03. The lowest BCUT2D eigenvalue weighted by atomic mass is 9.88. The van der Waals surface area contributed by atoms with Crippen molar-refractivity contribution in [1.29, 1.82) is 5.26 Å². The van der Waals surface area contributed by atoms with E-state index in [2.05, 4.69) is 39.0 Å². The van der Waals surface area contributed by atoms with E-state index in [1.165, 1.54) is 9.13 Å². The molecule has 1 heterocycles. The second kappa shape index (κ2) is 6.89. The first kappa shape index (κ1) is 17.1. The van der Waals surface area contributed by atoms with Crippen molar-refractivity contribution in [2.45, 2.75) is 25.7 Å². The highest BCUT2D eigenvalue weighted by Gasteiger charge is 2.40. The normalized spacial score (nSPS) is 20.5. The summed E-state index contributed by atoms with van der Waals surface area (Å²) in [6.07, 6.45) is 0. The third kappa shape index (κ3) is 3.56. The van der Waals surface area contributed by atoms with Gasteiger partial charge in [-0.15, -0.1) is 0 Å². The molecule has 0 aromatic heterocycles. The first-order chi connectivity index (χ1) is 10.4. The number of methoxy groups -OCH3 is 2. The Morgan fingerprint density at radius 2 is 1.77 bits per heavy atom. The minimum absolute atomic E-state index is 0.0686. The van der Waals surface area contributed by atoms with E-state index >= 15 is 0 Å². The van der Waals surface area contributed by atoms with Crippen LogP contribution in [0, 0.1) is 16.7 Å². The van der Waals surface area contributed by atoms with Crippen molar-refractivity contribution >= 4 is 22.7 Å². The van der Waals surface area contributed by atoms with E-state index in [9.17, 15) is 5.26 Å². The average Bonchev–Trinajstić information content (AvgIpc) is 2.95. The molecule has 0 amide bonds. The van der Waals surface area contributed by atoms with Gasteiger partial charge in [-0.25, -0.2) is 0 Å². The van der Waals surface area contributed by atoms with Crippen molar-refractivity contribution in [2.24, 2.45) is 5.41 Å². The maximum absolute atomic E-state index is 9.62. The van der Waals surface area contributed by atoms with Crippen LogP contribution in [0.15, 0.2) is 32.9 Å². The van der Waals surface area contributed by atoms with E-state index < -0.39 is 0 Å². The maximum atomic E-state index is 9.62. The number of nitriles is 1. The summed E-state index contributed by atoms with van der Waals surface area (Å²) >= 11 is 1.82. The van der Waals surface area contributed by atoms with Crippen molar-refractivity contribution in [2.75, 3.05) is 25.7 Å². The molecule has 1 saturated heterocycles. The highest BCUT2D eigenvalue weighted by atomic mass is 32.2. The van der Waals surface area contributed by atoms with Crippen LogP contribution in [0.5, 0.6) is 11.5 Å². The molecule has 2 rings (SSSR count). The number of hydrogen-bond donors (Lipinski definition) is 0. The molecular weight excluding hydrogens is 314 g/mol. The van der Waals surface area contributed by atoms with Gasteiger partial charge in [-0.1, -0.05) is 32.5 Å². The van der Waals surface area contributed by atoms with Gasteiger partial charge >= 0.3 is 0 Å². The molecule has 1 atom stereocenters. The van der Waals surface area contributed by atoms with Crippen LogP contribution < -0.4 is 9.47 Å². The number of allylic oxidation sites excluding steroid dienone is 1. The molecule has 118 valence electrons. The van der Waals surface area contributed by atoms with Crippen LogP contribution >= 0.6 is 11.8 Å². The molecule has 1 unspecified atom stereocenters. The van der Waals surface area contributed by atoms with Gasteiger partial charge in [0.25, 0.3) is 0 Å². The second-order valence-electron chi connectivity index (χ2n) is 6.02. The third-order valence-electron chi connectivity index (χ3n) is 3.42. The Bertz CT molecular complexity index is 604. The van der Waals surface area contributed by atoms with Crippen LogP contribution in [0.2, 0.25) is 0 Å². The Hall–Kier alpha value is -1.25. The maximum Gasteiger partial charge on any atom is 0.208 e. The molecular formula is C17H22NO2S2+. The molecule has 0 radical (unpaired) electrons. The number of thioether (sulfide) groups is 1. The van der Waals surface area contributed by atoms with Crippen LogP contribution in [-0.2, 0) is 10.9 Å². The molecule has 0 bridgehead atoms. The van der Waals surface area contributed by atoms with Gasteiger partial charge in [-0.2, -0.15) is 5.26 Å². The smallest absolute Gasteiger partial charge is 0.208 e. The minimum Gasteiger partial charge on any atom is -0.496 e. The monoisotopic (exact) mass is 336 g/mol. The minimum atomic E-state index is -0.129. The summed E-state index contributed by atoms with van der Waals surface area (Å²) in [4.78, 5) is 1.19. The highest BCUT2D eigenvalue weighted by Crippen LogP contribution is 2.45. The Morgan fingerprint density at radius 3 is 2.23 bits per heavy atom. The molecule has 1 aromatic rings. The van der Waals surface area contributed by atoms with Crippen LogP contribution in [0.3, 0.4) is 0 Å². The van der Waals surface area contributed by atoms with E-state index in [0.717, 1.165) is 28.6 Å². The number of ether oxygens (including phenoxy) is 2. The van der Waals surface area contributed by atoms with Gasteiger partial charge in [0.05, 0.1) is 30.7 Å². The topological polar surface area (TPSA) is 42.2 Å². The lowest BCUT2D eigenvalue weighted by molar-refractivity contribution is 0.392. The second-order valence-corrected chi connectivity index (χ2v) is 9.45. The van der Waals surface area contributed by atoms with Crippen LogP contribution in [0.4, 0.5) is 0 Å². The Balaban J connectivity index is 2.52. The van der Waals surface area contributed by atoms with Gasteiger partial charge < -0.3 is 9.47 Å². The highest BCUT2D eigenvalue weighted by molar-refractivity contribution is 8.23. The largest absolute Gasteiger partial charge is 0.496 e. The predicted molar refractivity (Wildman–Crippen MR) is 94.6 cm³/mol. The zero-order chi connectivity index (χ0) is 16.3. The van der Waals surface area contributed by atoms with Crippen LogP contribution in [0.25, 0.3) is 0 Å². The van der Waals surface area contributed by atoms with Crippen molar-refractivity contribution in [1.82, 2.24) is 0 Å². The van der Waals surface area contributed by atoms with E-state index in [1.807, 2.05) is 17.8 Å². The molecule has 22 heavy (non-hydrogen) atoms. The van der Waals surface area contributed by atoms with Crippen molar-refractivity contribution in [3.63, 3.8) is 0 Å². The van der Waals surface area contributed by atoms with Crippen molar-refractivity contribution in [3.8, 4) is 17.6 Å². The number of rotatable bonds is 3. The van der Waals surface area contributed by atoms with Crippen LogP contribution in [-0.4, -0.2) is 25.7 Å². The number of hydrogen-bond acceptors (Lipinski definition) is 4. The molecule has 5 heteroatoms. The van der Waals surface area contributed by atoms with E-state index in [4.69, 9.17) is 9.47 Å². The fraction of sp³-hybridized carbons (Fsp3) is 0.471. The first-order valence-electron chi connectivity index (χ1n) is 7.12. The number of nitrogens with zero attached hydrogens (tertiary/aromatic N) is 1. The summed E-state index contributed by atoms with van der Waals surface area (Å²) in [5.41, 5.74) is 0.774. The van der Waals surface area contributed by atoms with Crippen LogP contribution in [0.1, 0.15) is 20.8 Å². The lowest BCUT2D eigenvalue weighted by Crippen LogP contribution is -2.14. The standard InChI is InChI=1S/C17H22NO2S2/c1-17(2,3)15(11-18)16-21-6-7-22(16)14-9-12(19-4)8-13(10-14)20-5/h8-10H,6-7H2,1-5H3/q+1/b16-15-. The van der Waals surface area contributed by atoms with Crippen molar-refractivity contribution in [3.05, 3.63) is 28.0 Å². The quantitative estimate of drug-likeness (QED) is 0.612. The molecule has 1 fully saturated rings. The number of benzene rings is 1. The van der Waals surface area contributed by atoms with E-state index in [0.29, 0.717) is 0 Å².